The average molecular weight is 377 g/mol. The van der Waals surface area contributed by atoms with E-state index in [0.717, 1.165) is 11.4 Å². The van der Waals surface area contributed by atoms with Gasteiger partial charge in [-0.05, 0) is 37.6 Å². The van der Waals surface area contributed by atoms with E-state index in [1.54, 1.807) is 35.1 Å². The Labute approximate surface area is 154 Å². The van der Waals surface area contributed by atoms with E-state index in [1.807, 2.05) is 19.9 Å². The van der Waals surface area contributed by atoms with Crippen LogP contribution in [0.15, 0.2) is 42.7 Å². The van der Waals surface area contributed by atoms with Crippen molar-refractivity contribution in [2.45, 2.75) is 26.8 Å². The highest BCUT2D eigenvalue weighted by molar-refractivity contribution is 5.41. The average Bonchev–Trinajstić information content (AvgIpc) is 2.92. The quantitative estimate of drug-likeness (QED) is 0.677. The van der Waals surface area contributed by atoms with Crippen LogP contribution in [-0.4, -0.2) is 33.2 Å². The van der Waals surface area contributed by atoms with Gasteiger partial charge in [0.15, 0.2) is 5.82 Å². The second-order valence-corrected chi connectivity index (χ2v) is 6.13. The van der Waals surface area contributed by atoms with E-state index < -0.39 is 6.36 Å². The Balaban J connectivity index is 1.79. The third-order valence-electron chi connectivity index (χ3n) is 3.78. The van der Waals surface area contributed by atoms with E-state index in [0.29, 0.717) is 23.7 Å². The molecule has 0 aliphatic heterocycles. The van der Waals surface area contributed by atoms with Gasteiger partial charge in [0.1, 0.15) is 11.6 Å². The summed E-state index contributed by atoms with van der Waals surface area (Å²) in [6, 6.07) is 7.78. The minimum atomic E-state index is -4.72. The molecule has 6 nitrogen and oxygen atoms in total. The number of alkyl halides is 3. The number of anilines is 1. The summed E-state index contributed by atoms with van der Waals surface area (Å²) in [5, 5.41) is 4.38. The molecule has 0 atom stereocenters. The molecule has 0 unspecified atom stereocenters. The molecule has 2 heterocycles. The number of nitrogens with zero attached hydrogens (tertiary/aromatic N) is 5. The lowest BCUT2D eigenvalue weighted by atomic mass is 10.2. The maximum absolute atomic E-state index is 12.4. The van der Waals surface area contributed by atoms with E-state index in [2.05, 4.69) is 19.8 Å². The van der Waals surface area contributed by atoms with Gasteiger partial charge in [-0.15, -0.1) is 13.2 Å². The maximum Gasteiger partial charge on any atom is 0.573 e. The summed E-state index contributed by atoms with van der Waals surface area (Å²) >= 11 is 0. The summed E-state index contributed by atoms with van der Waals surface area (Å²) in [4.78, 5) is 10.5. The third kappa shape index (κ3) is 4.75. The van der Waals surface area contributed by atoms with Crippen LogP contribution in [0.25, 0.3) is 5.82 Å². The Morgan fingerprint density at radius 2 is 1.93 bits per heavy atom. The molecule has 0 aliphatic rings. The fraction of sp³-hybridized carbons (Fsp3) is 0.278. The fourth-order valence-corrected chi connectivity index (χ4v) is 2.69. The first kappa shape index (κ1) is 18.7. The van der Waals surface area contributed by atoms with Crippen molar-refractivity contribution >= 4 is 5.82 Å². The van der Waals surface area contributed by atoms with Crippen LogP contribution in [0.3, 0.4) is 0 Å². The number of hydrogen-bond acceptors (Lipinski definition) is 5. The van der Waals surface area contributed by atoms with Crippen LogP contribution in [0, 0.1) is 13.8 Å². The van der Waals surface area contributed by atoms with E-state index >= 15 is 0 Å². The van der Waals surface area contributed by atoms with Crippen LogP contribution in [0.4, 0.5) is 19.0 Å². The third-order valence-corrected chi connectivity index (χ3v) is 3.78. The summed E-state index contributed by atoms with van der Waals surface area (Å²) in [6.45, 7) is 4.15. The van der Waals surface area contributed by atoms with Crippen LogP contribution in [-0.2, 0) is 6.54 Å². The number of aromatic nitrogens is 4. The van der Waals surface area contributed by atoms with Gasteiger partial charge in [0, 0.05) is 19.3 Å². The van der Waals surface area contributed by atoms with Gasteiger partial charge in [-0.1, -0.05) is 12.1 Å². The number of ether oxygens (including phenoxy) is 1. The summed E-state index contributed by atoms with van der Waals surface area (Å²) in [5.41, 5.74) is 2.45. The Kier molecular flexibility index (Phi) is 5.02. The molecule has 0 fully saturated rings. The molecule has 3 rings (SSSR count). The van der Waals surface area contributed by atoms with Gasteiger partial charge >= 0.3 is 6.36 Å². The van der Waals surface area contributed by atoms with Gasteiger partial charge in [0.2, 0.25) is 0 Å². The van der Waals surface area contributed by atoms with Crippen molar-refractivity contribution in [3.05, 3.63) is 59.7 Å². The number of halogens is 3. The number of benzene rings is 1. The van der Waals surface area contributed by atoms with E-state index in [4.69, 9.17) is 0 Å². The van der Waals surface area contributed by atoms with Crippen molar-refractivity contribution < 1.29 is 17.9 Å². The fourth-order valence-electron chi connectivity index (χ4n) is 2.69. The predicted molar refractivity (Wildman–Crippen MR) is 93.9 cm³/mol. The van der Waals surface area contributed by atoms with Gasteiger partial charge in [0.05, 0.1) is 18.1 Å². The molecule has 3 aromatic rings. The van der Waals surface area contributed by atoms with Crippen LogP contribution >= 0.6 is 0 Å². The lowest BCUT2D eigenvalue weighted by Gasteiger charge is -2.19. The molecule has 0 saturated carbocycles. The van der Waals surface area contributed by atoms with Crippen molar-refractivity contribution in [2.24, 2.45) is 0 Å². The molecule has 27 heavy (non-hydrogen) atoms. The molecule has 1 aromatic carbocycles. The van der Waals surface area contributed by atoms with Gasteiger partial charge in [-0.2, -0.15) is 5.10 Å². The lowest BCUT2D eigenvalue weighted by molar-refractivity contribution is -0.274. The Bertz CT molecular complexity index is 939. The first-order chi connectivity index (χ1) is 12.7. The van der Waals surface area contributed by atoms with E-state index in [-0.39, 0.29) is 5.75 Å². The van der Waals surface area contributed by atoms with Crippen molar-refractivity contribution in [1.82, 2.24) is 19.7 Å². The molecule has 0 spiro atoms. The highest BCUT2D eigenvalue weighted by Crippen LogP contribution is 2.24. The second kappa shape index (κ2) is 7.26. The molecule has 0 N–H and O–H groups in total. The smallest absolute Gasteiger partial charge is 0.406 e. The first-order valence-corrected chi connectivity index (χ1v) is 8.13. The van der Waals surface area contributed by atoms with Crippen molar-refractivity contribution in [3.8, 4) is 11.6 Å². The molecule has 142 valence electrons. The Morgan fingerprint density at radius 1 is 1.15 bits per heavy atom. The SMILES string of the molecule is Cc1cc(C)n(-c2cncc(N(C)Cc3cccc(OC(F)(F)F)c3)n2)n1. The molecular weight excluding hydrogens is 359 g/mol. The lowest BCUT2D eigenvalue weighted by Crippen LogP contribution is -2.20. The first-order valence-electron chi connectivity index (χ1n) is 8.13. The van der Waals surface area contributed by atoms with E-state index in [1.165, 1.54) is 18.2 Å². The normalized spacial score (nSPS) is 11.5. The summed E-state index contributed by atoms with van der Waals surface area (Å²) < 4.78 is 42.8. The number of hydrogen-bond donors (Lipinski definition) is 0. The van der Waals surface area contributed by atoms with Crippen LogP contribution in [0.1, 0.15) is 17.0 Å². The molecule has 0 aliphatic carbocycles. The zero-order chi connectivity index (χ0) is 19.6. The van der Waals surface area contributed by atoms with Gasteiger partial charge in [-0.25, -0.2) is 9.67 Å². The van der Waals surface area contributed by atoms with Crippen molar-refractivity contribution in [3.63, 3.8) is 0 Å². The van der Waals surface area contributed by atoms with Crippen LogP contribution in [0.2, 0.25) is 0 Å². The molecule has 0 radical (unpaired) electrons. The van der Waals surface area contributed by atoms with E-state index in [9.17, 15) is 13.2 Å². The second-order valence-electron chi connectivity index (χ2n) is 6.13. The summed E-state index contributed by atoms with van der Waals surface area (Å²) in [6.07, 6.45) is -1.52. The van der Waals surface area contributed by atoms with Crippen LogP contribution < -0.4 is 9.64 Å². The molecular formula is C18H18F3N5O. The molecule has 9 heteroatoms. The molecule has 0 saturated heterocycles. The highest BCUT2D eigenvalue weighted by atomic mass is 19.4. The highest BCUT2D eigenvalue weighted by Gasteiger charge is 2.31. The van der Waals surface area contributed by atoms with Crippen LogP contribution in [0.5, 0.6) is 5.75 Å². The zero-order valence-corrected chi connectivity index (χ0v) is 15.0. The standard InChI is InChI=1S/C18H18F3N5O/c1-12-7-13(2)26(24-12)17-10-22-9-16(23-17)25(3)11-14-5-4-6-15(8-14)27-18(19,20)21/h4-10H,11H2,1-3H3. The molecule has 2 aromatic heterocycles. The van der Waals surface area contributed by atoms with Crippen molar-refractivity contribution in [2.75, 3.05) is 11.9 Å². The minimum absolute atomic E-state index is 0.254. The summed E-state index contributed by atoms with van der Waals surface area (Å²) in [5.74, 6) is 0.886. The monoisotopic (exact) mass is 377 g/mol. The molecule has 0 bridgehead atoms. The Morgan fingerprint density at radius 3 is 2.59 bits per heavy atom. The zero-order valence-electron chi connectivity index (χ0n) is 15.0. The van der Waals surface area contributed by atoms with Gasteiger partial charge in [-0.3, -0.25) is 4.98 Å². The maximum atomic E-state index is 12.4. The molecule has 0 amide bonds. The number of aryl methyl sites for hydroxylation is 2. The number of rotatable bonds is 5. The minimum Gasteiger partial charge on any atom is -0.406 e. The summed E-state index contributed by atoms with van der Waals surface area (Å²) in [7, 11) is 1.78. The van der Waals surface area contributed by atoms with Crippen molar-refractivity contribution in [1.29, 1.82) is 0 Å². The largest absolute Gasteiger partial charge is 0.573 e. The van der Waals surface area contributed by atoms with Gasteiger partial charge < -0.3 is 9.64 Å². The predicted octanol–water partition coefficient (Wildman–Crippen LogP) is 3.81. The Hall–Kier alpha value is -3.10. The topological polar surface area (TPSA) is 56.1 Å². The van der Waals surface area contributed by atoms with Gasteiger partial charge in [0.25, 0.3) is 0 Å².